The maximum Gasteiger partial charge on any atom is 0.322 e. The molecule has 0 aromatic heterocycles. The molecule has 2 N–H and O–H groups in total. The Labute approximate surface area is 308 Å². The molecular formula is C44H79NO5. The Morgan fingerprint density at radius 3 is 1.40 bits per heavy atom. The molecule has 1 unspecified atom stereocenters. The van der Waals surface area contributed by atoms with Gasteiger partial charge in [-0.1, -0.05) is 159 Å². The van der Waals surface area contributed by atoms with Crippen LogP contribution in [-0.4, -0.2) is 35.6 Å². The molecule has 50 heavy (non-hydrogen) atoms. The standard InChI is InChI=1S/C44H79NO5/c1-3-5-7-9-11-12-13-14-15-16-17-18-19-20-21-22-23-24-26-31-35-39-44(49)50-41(36-32-28-25-10-8-6-4-2)37-33-29-27-30-34-38-42(46)45-40-43(47)48/h13-14,16-17,19-20,41H,3-12,15,18,21-40H2,1-2H3,(H,45,46)(H,47,48)/b14-13-,17-16-,20-19-. The van der Waals surface area contributed by atoms with Crippen molar-refractivity contribution in [2.45, 2.75) is 219 Å². The molecule has 0 saturated heterocycles. The summed E-state index contributed by atoms with van der Waals surface area (Å²) in [6.07, 6.45) is 48.4. The van der Waals surface area contributed by atoms with Crippen molar-refractivity contribution in [3.8, 4) is 0 Å². The van der Waals surface area contributed by atoms with E-state index in [-0.39, 0.29) is 24.5 Å². The predicted octanol–water partition coefficient (Wildman–Crippen LogP) is 12.9. The van der Waals surface area contributed by atoms with Crippen molar-refractivity contribution in [1.82, 2.24) is 5.32 Å². The Morgan fingerprint density at radius 2 is 0.920 bits per heavy atom. The fourth-order valence-corrected chi connectivity index (χ4v) is 6.17. The molecular weight excluding hydrogens is 622 g/mol. The van der Waals surface area contributed by atoms with Gasteiger partial charge < -0.3 is 15.2 Å². The number of hydrogen-bond acceptors (Lipinski definition) is 4. The van der Waals surface area contributed by atoms with Crippen LogP contribution in [0.5, 0.6) is 0 Å². The van der Waals surface area contributed by atoms with Crippen LogP contribution in [0.4, 0.5) is 0 Å². The van der Waals surface area contributed by atoms with Crippen LogP contribution in [0, 0.1) is 0 Å². The average Bonchev–Trinajstić information content (AvgIpc) is 3.10. The molecule has 0 aliphatic carbocycles. The largest absolute Gasteiger partial charge is 0.480 e. The molecule has 290 valence electrons. The van der Waals surface area contributed by atoms with Crippen LogP contribution in [0.2, 0.25) is 0 Å². The minimum atomic E-state index is -1.02. The summed E-state index contributed by atoms with van der Waals surface area (Å²) in [6.45, 7) is 4.20. The van der Waals surface area contributed by atoms with Gasteiger partial charge in [0.05, 0.1) is 0 Å². The zero-order valence-electron chi connectivity index (χ0n) is 32.7. The third kappa shape index (κ3) is 38.4. The lowest BCUT2D eigenvalue weighted by atomic mass is 10.0. The normalized spacial score (nSPS) is 12.4. The molecule has 0 fully saturated rings. The molecule has 0 heterocycles. The van der Waals surface area contributed by atoms with E-state index in [0.29, 0.717) is 12.8 Å². The van der Waals surface area contributed by atoms with Crippen molar-refractivity contribution >= 4 is 17.8 Å². The highest BCUT2D eigenvalue weighted by Crippen LogP contribution is 2.19. The van der Waals surface area contributed by atoms with E-state index in [1.54, 1.807) is 0 Å². The summed E-state index contributed by atoms with van der Waals surface area (Å²) in [6, 6.07) is 0. The number of carbonyl (C=O) groups excluding carboxylic acids is 2. The Balaban J connectivity index is 4.00. The van der Waals surface area contributed by atoms with E-state index in [0.717, 1.165) is 83.5 Å². The summed E-state index contributed by atoms with van der Waals surface area (Å²) in [7, 11) is 0. The SMILES string of the molecule is CCCCCCC/C=C\C/C=C\C/C=C\CCCCCCCCC(=O)OC(CCCCCCCCC)CCCCCCCC(=O)NCC(=O)O. The Hall–Kier alpha value is -2.37. The first kappa shape index (κ1) is 47.6. The summed E-state index contributed by atoms with van der Waals surface area (Å²) in [4.78, 5) is 34.9. The lowest BCUT2D eigenvalue weighted by molar-refractivity contribution is -0.150. The van der Waals surface area contributed by atoms with Crippen molar-refractivity contribution in [2.24, 2.45) is 0 Å². The number of nitrogens with one attached hydrogen (secondary N) is 1. The van der Waals surface area contributed by atoms with Crippen LogP contribution < -0.4 is 5.32 Å². The summed E-state index contributed by atoms with van der Waals surface area (Å²) >= 11 is 0. The molecule has 0 aromatic rings. The number of carboxylic acid groups (broad SMARTS) is 1. The van der Waals surface area contributed by atoms with Gasteiger partial charge in [-0.2, -0.15) is 0 Å². The van der Waals surface area contributed by atoms with Gasteiger partial charge in [0.2, 0.25) is 5.91 Å². The van der Waals surface area contributed by atoms with Crippen LogP contribution in [0.15, 0.2) is 36.5 Å². The molecule has 0 bridgehead atoms. The topological polar surface area (TPSA) is 92.7 Å². The Bertz CT molecular complexity index is 864. The summed E-state index contributed by atoms with van der Waals surface area (Å²) in [5, 5.41) is 11.1. The second-order valence-corrected chi connectivity index (χ2v) is 14.2. The number of ether oxygens (including phenoxy) is 1. The van der Waals surface area contributed by atoms with Crippen LogP contribution >= 0.6 is 0 Å². The molecule has 0 aromatic carbocycles. The van der Waals surface area contributed by atoms with E-state index < -0.39 is 5.97 Å². The van der Waals surface area contributed by atoms with Gasteiger partial charge in [-0.05, 0) is 77.0 Å². The highest BCUT2D eigenvalue weighted by Gasteiger charge is 2.14. The number of aliphatic carboxylic acids is 1. The first-order valence-corrected chi connectivity index (χ1v) is 21.1. The maximum absolute atomic E-state index is 12.7. The maximum atomic E-state index is 12.7. The Kier molecular flexibility index (Phi) is 37.5. The number of rotatable bonds is 38. The van der Waals surface area contributed by atoms with Gasteiger partial charge >= 0.3 is 11.9 Å². The highest BCUT2D eigenvalue weighted by molar-refractivity contribution is 5.80. The molecule has 6 heteroatoms. The molecule has 0 radical (unpaired) electrons. The van der Waals surface area contributed by atoms with E-state index in [1.807, 2.05) is 0 Å². The molecule has 0 saturated carbocycles. The number of allylic oxidation sites excluding steroid dienone is 6. The molecule has 0 spiro atoms. The zero-order chi connectivity index (χ0) is 36.6. The molecule has 0 rings (SSSR count). The van der Waals surface area contributed by atoms with Crippen LogP contribution in [0.1, 0.15) is 213 Å². The lowest BCUT2D eigenvalue weighted by Crippen LogP contribution is -2.28. The van der Waals surface area contributed by atoms with Gasteiger partial charge in [-0.3, -0.25) is 14.4 Å². The van der Waals surface area contributed by atoms with Gasteiger partial charge in [0.1, 0.15) is 12.6 Å². The van der Waals surface area contributed by atoms with E-state index in [1.165, 1.54) is 103 Å². The number of amides is 1. The number of carbonyl (C=O) groups is 3. The van der Waals surface area contributed by atoms with Gasteiger partial charge in [-0.25, -0.2) is 0 Å². The quantitative estimate of drug-likeness (QED) is 0.0380. The van der Waals surface area contributed by atoms with Crippen LogP contribution in [0.3, 0.4) is 0 Å². The fourth-order valence-electron chi connectivity index (χ4n) is 6.17. The minimum absolute atomic E-state index is 0.0234. The van der Waals surface area contributed by atoms with Crippen molar-refractivity contribution in [2.75, 3.05) is 6.54 Å². The number of hydrogen-bond donors (Lipinski definition) is 2. The lowest BCUT2D eigenvalue weighted by Gasteiger charge is -2.18. The summed E-state index contributed by atoms with van der Waals surface area (Å²) in [5.74, 6) is -1.24. The van der Waals surface area contributed by atoms with Crippen molar-refractivity contribution in [3.05, 3.63) is 36.5 Å². The molecule has 0 aliphatic rings. The van der Waals surface area contributed by atoms with Gasteiger partial charge in [0, 0.05) is 12.8 Å². The van der Waals surface area contributed by atoms with Crippen molar-refractivity contribution < 1.29 is 24.2 Å². The first-order chi connectivity index (χ1) is 24.5. The third-order valence-corrected chi connectivity index (χ3v) is 9.31. The number of unbranched alkanes of at least 4 members (excludes halogenated alkanes) is 21. The monoisotopic (exact) mass is 702 g/mol. The predicted molar refractivity (Wildman–Crippen MR) is 212 cm³/mol. The molecule has 1 atom stereocenters. The average molecular weight is 702 g/mol. The Morgan fingerprint density at radius 1 is 0.520 bits per heavy atom. The second kappa shape index (κ2) is 39.4. The van der Waals surface area contributed by atoms with Gasteiger partial charge in [0.15, 0.2) is 0 Å². The second-order valence-electron chi connectivity index (χ2n) is 14.2. The van der Waals surface area contributed by atoms with Gasteiger partial charge in [-0.15, -0.1) is 0 Å². The third-order valence-electron chi connectivity index (χ3n) is 9.31. The van der Waals surface area contributed by atoms with Crippen LogP contribution in [0.25, 0.3) is 0 Å². The van der Waals surface area contributed by atoms with Crippen LogP contribution in [-0.2, 0) is 19.1 Å². The smallest absolute Gasteiger partial charge is 0.322 e. The highest BCUT2D eigenvalue weighted by atomic mass is 16.5. The number of esters is 1. The number of carboxylic acids is 1. The van der Waals surface area contributed by atoms with E-state index in [9.17, 15) is 14.4 Å². The summed E-state index contributed by atoms with van der Waals surface area (Å²) in [5.41, 5.74) is 0. The van der Waals surface area contributed by atoms with Crippen molar-refractivity contribution in [3.63, 3.8) is 0 Å². The van der Waals surface area contributed by atoms with Crippen molar-refractivity contribution in [1.29, 1.82) is 0 Å². The molecule has 1 amide bonds. The molecule has 0 aliphatic heterocycles. The first-order valence-electron chi connectivity index (χ1n) is 21.1. The fraction of sp³-hybridized carbons (Fsp3) is 0.795. The molecule has 6 nitrogen and oxygen atoms in total. The van der Waals surface area contributed by atoms with E-state index >= 15 is 0 Å². The summed E-state index contributed by atoms with van der Waals surface area (Å²) < 4.78 is 5.99. The van der Waals surface area contributed by atoms with E-state index in [2.05, 4.69) is 55.6 Å². The zero-order valence-corrected chi connectivity index (χ0v) is 32.7. The van der Waals surface area contributed by atoms with Gasteiger partial charge in [0.25, 0.3) is 0 Å². The minimum Gasteiger partial charge on any atom is -0.480 e. The van der Waals surface area contributed by atoms with E-state index in [4.69, 9.17) is 9.84 Å².